The molecule has 0 aliphatic carbocycles. The fourth-order valence-corrected chi connectivity index (χ4v) is 3.97. The largest absolute Gasteiger partial charge is 0.497 e. The Morgan fingerprint density at radius 3 is 2.68 bits per heavy atom. The van der Waals surface area contributed by atoms with Crippen LogP contribution in [0.3, 0.4) is 0 Å². The molecule has 1 aliphatic heterocycles. The lowest BCUT2D eigenvalue weighted by atomic mass is 10.00. The molecule has 0 saturated heterocycles. The normalized spacial score (nSPS) is 17.6. The molecule has 25 heavy (non-hydrogen) atoms. The lowest BCUT2D eigenvalue weighted by molar-refractivity contribution is 0.228. The summed E-state index contributed by atoms with van der Waals surface area (Å²) < 4.78 is 8.02. The summed E-state index contributed by atoms with van der Waals surface area (Å²) in [7, 11) is 3.97. The van der Waals surface area contributed by atoms with Gasteiger partial charge < -0.3 is 9.30 Å². The number of hydrogen-bond acceptors (Lipinski definition) is 2. The number of likely N-dealkylation sites (N-methyl/N-ethyl adjacent to an activating group) is 1. The van der Waals surface area contributed by atoms with Crippen LogP contribution < -0.4 is 4.74 Å². The summed E-state index contributed by atoms with van der Waals surface area (Å²) in [4.78, 5) is 2.45. The molecule has 4 rings (SSSR count). The highest BCUT2D eigenvalue weighted by Gasteiger charge is 2.26. The molecule has 0 bridgehead atoms. The van der Waals surface area contributed by atoms with E-state index in [4.69, 9.17) is 4.74 Å². The Morgan fingerprint density at radius 2 is 1.92 bits per heavy atom. The average Bonchev–Trinajstić information content (AvgIpc) is 2.93. The fraction of sp³-hybridized carbons (Fsp3) is 0.364. The third-order valence-corrected chi connectivity index (χ3v) is 5.61. The van der Waals surface area contributed by atoms with Gasteiger partial charge in [-0.3, -0.25) is 4.90 Å². The highest BCUT2D eigenvalue weighted by Crippen LogP contribution is 2.34. The van der Waals surface area contributed by atoms with Gasteiger partial charge in [-0.05, 0) is 49.7 Å². The molecular formula is C22H26N2O. The Kier molecular flexibility index (Phi) is 4.26. The Labute approximate surface area is 149 Å². The van der Waals surface area contributed by atoms with Crippen LogP contribution in [0.15, 0.2) is 48.5 Å². The molecule has 1 aromatic heterocycles. The van der Waals surface area contributed by atoms with Crippen molar-refractivity contribution in [2.45, 2.75) is 38.9 Å². The molecule has 1 aliphatic rings. The van der Waals surface area contributed by atoms with Crippen LogP contribution in [-0.2, 0) is 25.9 Å². The number of aryl methyl sites for hydroxylation is 2. The van der Waals surface area contributed by atoms with Gasteiger partial charge in [0.2, 0.25) is 0 Å². The molecule has 0 saturated carbocycles. The molecule has 0 radical (unpaired) electrons. The molecule has 2 aromatic carbocycles. The maximum Gasteiger partial charge on any atom is 0.119 e. The second-order valence-electron chi connectivity index (χ2n) is 7.16. The quantitative estimate of drug-likeness (QED) is 0.709. The van der Waals surface area contributed by atoms with Crippen LogP contribution in [0.2, 0.25) is 0 Å². The van der Waals surface area contributed by atoms with Crippen LogP contribution in [0.5, 0.6) is 5.75 Å². The number of fused-ring (bicyclic) bond motifs is 3. The number of methoxy groups -OCH3 is 1. The van der Waals surface area contributed by atoms with Gasteiger partial charge in [-0.1, -0.05) is 30.3 Å². The van der Waals surface area contributed by atoms with Crippen molar-refractivity contribution in [3.05, 3.63) is 65.4 Å². The van der Waals surface area contributed by atoms with Crippen LogP contribution >= 0.6 is 0 Å². The predicted octanol–water partition coefficient (Wildman–Crippen LogP) is 4.27. The van der Waals surface area contributed by atoms with Crippen LogP contribution in [0.25, 0.3) is 10.9 Å². The number of hydrogen-bond donors (Lipinski definition) is 0. The lowest BCUT2D eigenvalue weighted by Gasteiger charge is -2.31. The van der Waals surface area contributed by atoms with E-state index in [9.17, 15) is 0 Å². The molecule has 3 nitrogen and oxygen atoms in total. The highest BCUT2D eigenvalue weighted by molar-refractivity contribution is 5.87. The third kappa shape index (κ3) is 2.93. The summed E-state index contributed by atoms with van der Waals surface area (Å²) in [6.45, 7) is 4.36. The zero-order valence-corrected chi connectivity index (χ0v) is 15.3. The Morgan fingerprint density at radius 1 is 1.12 bits per heavy atom. The van der Waals surface area contributed by atoms with Crippen molar-refractivity contribution in [3.8, 4) is 5.75 Å². The molecule has 0 fully saturated rings. The second-order valence-corrected chi connectivity index (χ2v) is 7.16. The Balaban J connectivity index is 1.78. The van der Waals surface area contributed by atoms with Crippen molar-refractivity contribution >= 4 is 10.9 Å². The monoisotopic (exact) mass is 334 g/mol. The molecule has 3 heteroatoms. The number of benzene rings is 2. The zero-order valence-electron chi connectivity index (χ0n) is 15.3. The Hall–Kier alpha value is -2.26. The van der Waals surface area contributed by atoms with Crippen molar-refractivity contribution in [1.82, 2.24) is 9.47 Å². The van der Waals surface area contributed by atoms with Crippen molar-refractivity contribution in [3.63, 3.8) is 0 Å². The van der Waals surface area contributed by atoms with E-state index in [1.54, 1.807) is 7.11 Å². The number of nitrogens with zero attached hydrogens (tertiary/aromatic N) is 2. The summed E-state index contributed by atoms with van der Waals surface area (Å²) in [6.07, 6.45) is 2.17. The summed E-state index contributed by atoms with van der Waals surface area (Å²) in [5, 5.41) is 1.35. The topological polar surface area (TPSA) is 17.4 Å². The van der Waals surface area contributed by atoms with Crippen molar-refractivity contribution in [1.29, 1.82) is 0 Å². The van der Waals surface area contributed by atoms with Gasteiger partial charge in [0.25, 0.3) is 0 Å². The van der Waals surface area contributed by atoms with Gasteiger partial charge in [-0.15, -0.1) is 0 Å². The number of rotatable bonds is 4. The van der Waals surface area contributed by atoms with Crippen LogP contribution in [-0.4, -0.2) is 29.7 Å². The molecule has 2 heterocycles. The van der Waals surface area contributed by atoms with E-state index < -0.39 is 0 Å². The summed E-state index contributed by atoms with van der Waals surface area (Å²) in [5.74, 6) is 0.941. The van der Waals surface area contributed by atoms with E-state index in [1.807, 2.05) is 0 Å². The molecule has 0 amide bonds. The second kappa shape index (κ2) is 6.57. The van der Waals surface area contributed by atoms with Crippen LogP contribution in [0, 0.1) is 0 Å². The van der Waals surface area contributed by atoms with Gasteiger partial charge in [-0.25, -0.2) is 0 Å². The lowest BCUT2D eigenvalue weighted by Crippen LogP contribution is -2.35. The SMILES string of the molecule is COc1ccc2c(c1)c1c(n2CCc2ccccc2)CC(C)N(C)C1. The van der Waals surface area contributed by atoms with Crippen LogP contribution in [0.4, 0.5) is 0 Å². The van der Waals surface area contributed by atoms with Gasteiger partial charge in [0.05, 0.1) is 7.11 Å². The Bertz CT molecular complexity index is 882. The van der Waals surface area contributed by atoms with E-state index in [0.717, 1.165) is 31.7 Å². The van der Waals surface area contributed by atoms with Gasteiger partial charge in [0.15, 0.2) is 0 Å². The standard InChI is InChI=1S/C22H26N2O/c1-16-13-22-20(15-23(16)2)19-14-18(25-3)9-10-21(19)24(22)12-11-17-7-5-4-6-8-17/h4-10,14,16H,11-13,15H2,1-3H3. The number of ether oxygens (including phenoxy) is 1. The van der Waals surface area contributed by atoms with Gasteiger partial charge in [0, 0.05) is 42.1 Å². The van der Waals surface area contributed by atoms with E-state index in [-0.39, 0.29) is 0 Å². The summed E-state index contributed by atoms with van der Waals surface area (Å²) in [5.41, 5.74) is 5.71. The first-order valence-electron chi connectivity index (χ1n) is 9.09. The first-order chi connectivity index (χ1) is 12.2. The molecule has 130 valence electrons. The molecule has 3 aromatic rings. The molecule has 1 unspecified atom stereocenters. The first kappa shape index (κ1) is 16.2. The maximum absolute atomic E-state index is 5.48. The van der Waals surface area contributed by atoms with E-state index in [2.05, 4.69) is 72.0 Å². The smallest absolute Gasteiger partial charge is 0.119 e. The molecule has 0 spiro atoms. The molecule has 1 atom stereocenters. The van der Waals surface area contributed by atoms with Crippen LogP contribution in [0.1, 0.15) is 23.7 Å². The minimum absolute atomic E-state index is 0.578. The van der Waals surface area contributed by atoms with E-state index in [1.165, 1.54) is 27.7 Å². The average molecular weight is 334 g/mol. The highest BCUT2D eigenvalue weighted by atomic mass is 16.5. The fourth-order valence-electron chi connectivity index (χ4n) is 3.97. The van der Waals surface area contributed by atoms with Crippen molar-refractivity contribution in [2.24, 2.45) is 0 Å². The minimum atomic E-state index is 0.578. The van der Waals surface area contributed by atoms with E-state index in [0.29, 0.717) is 6.04 Å². The minimum Gasteiger partial charge on any atom is -0.497 e. The van der Waals surface area contributed by atoms with Gasteiger partial charge >= 0.3 is 0 Å². The van der Waals surface area contributed by atoms with E-state index >= 15 is 0 Å². The van der Waals surface area contributed by atoms with Crippen molar-refractivity contribution < 1.29 is 4.74 Å². The first-order valence-corrected chi connectivity index (χ1v) is 9.09. The van der Waals surface area contributed by atoms with Gasteiger partial charge in [-0.2, -0.15) is 0 Å². The maximum atomic E-state index is 5.48. The molecule has 0 N–H and O–H groups in total. The predicted molar refractivity (Wildman–Crippen MR) is 103 cm³/mol. The summed E-state index contributed by atoms with van der Waals surface area (Å²) >= 11 is 0. The van der Waals surface area contributed by atoms with Gasteiger partial charge in [0.1, 0.15) is 5.75 Å². The number of aromatic nitrogens is 1. The third-order valence-electron chi connectivity index (χ3n) is 5.61. The van der Waals surface area contributed by atoms with Crippen molar-refractivity contribution in [2.75, 3.05) is 14.2 Å². The molecular weight excluding hydrogens is 308 g/mol. The summed E-state index contributed by atoms with van der Waals surface area (Å²) in [6, 6.07) is 17.9. The zero-order chi connectivity index (χ0) is 17.4.